The molecule has 0 saturated heterocycles. The molecule has 5 heteroatoms. The average molecular weight is 404 g/mol. The molecule has 120 valence electrons. The fourth-order valence-electron chi connectivity index (χ4n) is 1.83. The summed E-state index contributed by atoms with van der Waals surface area (Å²) < 4.78 is 0. The van der Waals surface area contributed by atoms with Gasteiger partial charge in [-0.25, -0.2) is 0 Å². The van der Waals surface area contributed by atoms with Gasteiger partial charge in [-0.2, -0.15) is 0 Å². The van der Waals surface area contributed by atoms with Crippen molar-refractivity contribution in [2.75, 3.05) is 7.05 Å². The van der Waals surface area contributed by atoms with E-state index in [1.54, 1.807) is 13.2 Å². The third-order valence-electron chi connectivity index (χ3n) is 3.10. The minimum Gasteiger partial charge on any atom is -0.354 e. The maximum absolute atomic E-state index is 4.29. The standard InChI is InChI=1S/C16H28N4.HI/c1-13(9-10-16(2,3)4)20-15(17-5)19-12-14-8-6-7-11-18-14;/h6-8,11,13H,9-10,12H2,1-5H3,(H2,17,19,20);1H. The Morgan fingerprint density at radius 3 is 2.57 bits per heavy atom. The van der Waals surface area contributed by atoms with Gasteiger partial charge in [0, 0.05) is 19.3 Å². The molecule has 1 heterocycles. The average Bonchev–Trinajstić information content (AvgIpc) is 2.41. The lowest BCUT2D eigenvalue weighted by Crippen LogP contribution is -2.42. The molecule has 1 aromatic heterocycles. The highest BCUT2D eigenvalue weighted by Gasteiger charge is 2.13. The molecule has 2 N–H and O–H groups in total. The van der Waals surface area contributed by atoms with Gasteiger partial charge in [0.2, 0.25) is 0 Å². The largest absolute Gasteiger partial charge is 0.354 e. The van der Waals surface area contributed by atoms with E-state index in [2.05, 4.69) is 48.3 Å². The third-order valence-corrected chi connectivity index (χ3v) is 3.10. The zero-order valence-electron chi connectivity index (χ0n) is 13.8. The van der Waals surface area contributed by atoms with Crippen LogP contribution < -0.4 is 10.6 Å². The minimum absolute atomic E-state index is 0. The number of aliphatic imine (C=N–C) groups is 1. The van der Waals surface area contributed by atoms with Gasteiger partial charge in [0.25, 0.3) is 0 Å². The topological polar surface area (TPSA) is 49.3 Å². The van der Waals surface area contributed by atoms with Crippen LogP contribution in [0.2, 0.25) is 0 Å². The SMILES string of the molecule is CN=C(NCc1ccccn1)NC(C)CCC(C)(C)C.I. The molecule has 1 aromatic rings. The van der Waals surface area contributed by atoms with E-state index in [9.17, 15) is 0 Å². The molecule has 0 saturated carbocycles. The highest BCUT2D eigenvalue weighted by molar-refractivity contribution is 14.0. The first-order valence-corrected chi connectivity index (χ1v) is 7.28. The van der Waals surface area contributed by atoms with Crippen LogP contribution in [-0.2, 0) is 6.54 Å². The fraction of sp³-hybridized carbons (Fsp3) is 0.625. The first-order chi connectivity index (χ1) is 9.40. The predicted octanol–water partition coefficient (Wildman–Crippen LogP) is 3.58. The van der Waals surface area contributed by atoms with Crippen LogP contribution in [0.25, 0.3) is 0 Å². The zero-order valence-corrected chi connectivity index (χ0v) is 16.1. The zero-order chi connectivity index (χ0) is 15.0. The summed E-state index contributed by atoms with van der Waals surface area (Å²) in [4.78, 5) is 8.54. The van der Waals surface area contributed by atoms with Gasteiger partial charge >= 0.3 is 0 Å². The van der Waals surface area contributed by atoms with Gasteiger partial charge < -0.3 is 10.6 Å². The van der Waals surface area contributed by atoms with Gasteiger partial charge in [-0.1, -0.05) is 26.8 Å². The molecule has 1 rings (SSSR count). The Kier molecular flexibility index (Phi) is 9.57. The van der Waals surface area contributed by atoms with E-state index in [-0.39, 0.29) is 24.0 Å². The van der Waals surface area contributed by atoms with Crippen molar-refractivity contribution in [1.82, 2.24) is 15.6 Å². The molecule has 1 atom stereocenters. The normalized spacial score (nSPS) is 13.3. The Morgan fingerprint density at radius 2 is 2.05 bits per heavy atom. The van der Waals surface area contributed by atoms with Crippen LogP contribution in [0.15, 0.2) is 29.4 Å². The van der Waals surface area contributed by atoms with Crippen molar-refractivity contribution in [1.29, 1.82) is 0 Å². The van der Waals surface area contributed by atoms with Crippen LogP contribution in [0.4, 0.5) is 0 Å². The number of hydrogen-bond donors (Lipinski definition) is 2. The van der Waals surface area contributed by atoms with E-state index < -0.39 is 0 Å². The van der Waals surface area contributed by atoms with Crippen molar-refractivity contribution in [3.63, 3.8) is 0 Å². The van der Waals surface area contributed by atoms with Gasteiger partial charge in [-0.05, 0) is 37.3 Å². The van der Waals surface area contributed by atoms with Gasteiger partial charge in [0.1, 0.15) is 0 Å². The Morgan fingerprint density at radius 1 is 1.33 bits per heavy atom. The van der Waals surface area contributed by atoms with Crippen LogP contribution in [0.5, 0.6) is 0 Å². The third kappa shape index (κ3) is 9.66. The highest BCUT2D eigenvalue weighted by atomic mass is 127. The molecule has 0 aromatic carbocycles. The van der Waals surface area contributed by atoms with Crippen molar-refractivity contribution >= 4 is 29.9 Å². The number of halogens is 1. The summed E-state index contributed by atoms with van der Waals surface area (Å²) in [6.07, 6.45) is 4.13. The number of nitrogens with one attached hydrogen (secondary N) is 2. The summed E-state index contributed by atoms with van der Waals surface area (Å²) in [5.74, 6) is 0.831. The molecule has 4 nitrogen and oxygen atoms in total. The lowest BCUT2D eigenvalue weighted by Gasteiger charge is -2.23. The summed E-state index contributed by atoms with van der Waals surface area (Å²) in [6, 6.07) is 6.32. The first-order valence-electron chi connectivity index (χ1n) is 7.28. The van der Waals surface area contributed by atoms with Gasteiger partial charge in [-0.15, -0.1) is 24.0 Å². The number of pyridine rings is 1. The second-order valence-corrected chi connectivity index (χ2v) is 6.39. The minimum atomic E-state index is 0. The second-order valence-electron chi connectivity index (χ2n) is 6.39. The molecular weight excluding hydrogens is 375 g/mol. The molecule has 0 radical (unpaired) electrons. The molecule has 0 aliphatic heterocycles. The highest BCUT2D eigenvalue weighted by Crippen LogP contribution is 2.21. The molecule has 0 aliphatic carbocycles. The van der Waals surface area contributed by atoms with E-state index in [4.69, 9.17) is 0 Å². The molecule has 21 heavy (non-hydrogen) atoms. The summed E-state index contributed by atoms with van der Waals surface area (Å²) in [7, 11) is 1.80. The van der Waals surface area contributed by atoms with Crippen molar-refractivity contribution in [2.24, 2.45) is 10.4 Å². The maximum Gasteiger partial charge on any atom is 0.191 e. The molecule has 0 spiro atoms. The van der Waals surface area contributed by atoms with Crippen molar-refractivity contribution in [2.45, 2.75) is 53.1 Å². The van der Waals surface area contributed by atoms with Crippen LogP contribution in [0.1, 0.15) is 46.2 Å². The quantitative estimate of drug-likeness (QED) is 0.448. The van der Waals surface area contributed by atoms with Crippen LogP contribution >= 0.6 is 24.0 Å². The Bertz CT molecular complexity index is 412. The molecule has 1 unspecified atom stereocenters. The molecule has 0 aliphatic rings. The van der Waals surface area contributed by atoms with Gasteiger partial charge in [0.15, 0.2) is 5.96 Å². The van der Waals surface area contributed by atoms with E-state index in [1.165, 1.54) is 6.42 Å². The van der Waals surface area contributed by atoms with Crippen LogP contribution in [0.3, 0.4) is 0 Å². The van der Waals surface area contributed by atoms with E-state index in [0.717, 1.165) is 18.1 Å². The number of rotatable bonds is 5. The number of hydrogen-bond acceptors (Lipinski definition) is 2. The van der Waals surface area contributed by atoms with Crippen molar-refractivity contribution in [3.8, 4) is 0 Å². The van der Waals surface area contributed by atoms with Gasteiger partial charge in [0.05, 0.1) is 12.2 Å². The lowest BCUT2D eigenvalue weighted by atomic mass is 9.89. The number of nitrogens with zero attached hydrogens (tertiary/aromatic N) is 2. The molecule has 0 amide bonds. The summed E-state index contributed by atoms with van der Waals surface area (Å²) in [5.41, 5.74) is 1.39. The fourth-order valence-corrected chi connectivity index (χ4v) is 1.83. The monoisotopic (exact) mass is 404 g/mol. The van der Waals surface area contributed by atoms with Crippen molar-refractivity contribution in [3.05, 3.63) is 30.1 Å². The smallest absolute Gasteiger partial charge is 0.191 e. The molecular formula is C16H29IN4. The van der Waals surface area contributed by atoms with E-state index in [0.29, 0.717) is 18.0 Å². The maximum atomic E-state index is 4.29. The van der Waals surface area contributed by atoms with E-state index in [1.807, 2.05) is 18.2 Å². The number of aromatic nitrogens is 1. The van der Waals surface area contributed by atoms with E-state index >= 15 is 0 Å². The Labute approximate surface area is 146 Å². The summed E-state index contributed by atoms with van der Waals surface area (Å²) >= 11 is 0. The number of guanidine groups is 1. The molecule has 0 bridgehead atoms. The second kappa shape index (κ2) is 9.97. The van der Waals surface area contributed by atoms with Gasteiger partial charge in [-0.3, -0.25) is 9.98 Å². The summed E-state index contributed by atoms with van der Waals surface area (Å²) in [5, 5.41) is 6.71. The predicted molar refractivity (Wildman–Crippen MR) is 101 cm³/mol. The Balaban J connectivity index is 0.00000400. The lowest BCUT2D eigenvalue weighted by molar-refractivity contribution is 0.346. The molecule has 0 fully saturated rings. The Hall–Kier alpha value is -0.850. The van der Waals surface area contributed by atoms with Crippen LogP contribution in [0, 0.1) is 5.41 Å². The van der Waals surface area contributed by atoms with Crippen LogP contribution in [-0.4, -0.2) is 24.0 Å². The summed E-state index contributed by atoms with van der Waals surface area (Å²) in [6.45, 7) is 9.70. The van der Waals surface area contributed by atoms with Crippen molar-refractivity contribution < 1.29 is 0 Å². The first kappa shape index (κ1) is 20.1.